The predicted octanol–water partition coefficient (Wildman–Crippen LogP) is 3.08. The molecule has 1 fully saturated rings. The van der Waals surface area contributed by atoms with Gasteiger partial charge in [-0.2, -0.15) is 0 Å². The molecule has 0 aromatic heterocycles. The minimum atomic E-state index is -0.732. The largest absolute Gasteiger partial charge is 0.444 e. The SMILES string of the molecule is CNC(=O)[C@@H]1CC[C@H](C(C)(C)C)N1C(=O)[C@H](CC(C)C)NC(=O)OC(C)(C)C. The van der Waals surface area contributed by atoms with Crippen LogP contribution in [0.1, 0.15) is 74.7 Å². The lowest BCUT2D eigenvalue weighted by molar-refractivity contribution is -0.144. The Morgan fingerprint density at radius 1 is 1.07 bits per heavy atom. The van der Waals surface area contributed by atoms with Crippen molar-refractivity contribution >= 4 is 17.9 Å². The highest BCUT2D eigenvalue weighted by molar-refractivity contribution is 5.92. The number of hydrogen-bond donors (Lipinski definition) is 2. The molecule has 2 N–H and O–H groups in total. The second-order valence-electron chi connectivity index (χ2n) is 10.2. The minimum Gasteiger partial charge on any atom is -0.444 e. The summed E-state index contributed by atoms with van der Waals surface area (Å²) in [5.74, 6) is -0.190. The molecule has 1 saturated heterocycles. The maximum Gasteiger partial charge on any atom is 0.408 e. The average Bonchev–Trinajstić information content (AvgIpc) is 2.95. The summed E-state index contributed by atoms with van der Waals surface area (Å²) in [4.78, 5) is 40.0. The van der Waals surface area contributed by atoms with Gasteiger partial charge in [-0.3, -0.25) is 9.59 Å². The summed E-state index contributed by atoms with van der Waals surface area (Å²) in [6, 6.07) is -1.32. The zero-order valence-corrected chi connectivity index (χ0v) is 19.0. The van der Waals surface area contributed by atoms with Gasteiger partial charge < -0.3 is 20.3 Å². The number of likely N-dealkylation sites (N-methyl/N-ethyl adjacent to an activating group) is 1. The van der Waals surface area contributed by atoms with Crippen LogP contribution in [0.2, 0.25) is 0 Å². The molecule has 1 aliphatic rings. The molecule has 0 bridgehead atoms. The van der Waals surface area contributed by atoms with E-state index in [0.29, 0.717) is 12.8 Å². The predicted molar refractivity (Wildman–Crippen MR) is 110 cm³/mol. The number of alkyl carbamates (subject to hydrolysis) is 1. The quantitative estimate of drug-likeness (QED) is 0.746. The Hall–Kier alpha value is -1.79. The maximum absolute atomic E-state index is 13.5. The zero-order chi connectivity index (χ0) is 21.9. The Morgan fingerprint density at radius 2 is 1.64 bits per heavy atom. The van der Waals surface area contributed by atoms with Crippen molar-refractivity contribution < 1.29 is 19.1 Å². The Bertz CT molecular complexity index is 575. The first-order valence-corrected chi connectivity index (χ1v) is 10.2. The van der Waals surface area contributed by atoms with Crippen LogP contribution in [-0.4, -0.2) is 53.6 Å². The van der Waals surface area contributed by atoms with Crippen LogP contribution in [0.3, 0.4) is 0 Å². The van der Waals surface area contributed by atoms with E-state index in [1.807, 2.05) is 13.8 Å². The van der Waals surface area contributed by atoms with Crippen molar-refractivity contribution in [3.05, 3.63) is 0 Å². The summed E-state index contributed by atoms with van der Waals surface area (Å²) in [5.41, 5.74) is -0.825. The molecule has 0 radical (unpaired) electrons. The van der Waals surface area contributed by atoms with Crippen molar-refractivity contribution in [2.75, 3.05) is 7.05 Å². The fraction of sp³-hybridized carbons (Fsp3) is 0.857. The summed E-state index contributed by atoms with van der Waals surface area (Å²) in [6.45, 7) is 15.6. The Balaban J connectivity index is 3.16. The fourth-order valence-corrected chi connectivity index (χ4v) is 3.72. The van der Waals surface area contributed by atoms with Gasteiger partial charge in [0, 0.05) is 13.1 Å². The lowest BCUT2D eigenvalue weighted by Crippen LogP contribution is -2.58. The first kappa shape index (κ1) is 24.2. The van der Waals surface area contributed by atoms with Crippen LogP contribution >= 0.6 is 0 Å². The second-order valence-corrected chi connectivity index (χ2v) is 10.2. The third-order valence-electron chi connectivity index (χ3n) is 4.88. The van der Waals surface area contributed by atoms with Crippen molar-refractivity contribution in [3.63, 3.8) is 0 Å². The highest BCUT2D eigenvalue weighted by Gasteiger charge is 2.47. The molecule has 1 rings (SSSR count). The van der Waals surface area contributed by atoms with E-state index in [9.17, 15) is 14.4 Å². The van der Waals surface area contributed by atoms with Crippen molar-refractivity contribution in [1.82, 2.24) is 15.5 Å². The van der Waals surface area contributed by atoms with Gasteiger partial charge >= 0.3 is 6.09 Å². The molecular weight excluding hydrogens is 358 g/mol. The standard InChI is InChI=1S/C21H39N3O4/c1-13(2)12-14(23-19(27)28-21(6,7)8)18(26)24-15(17(25)22-9)10-11-16(24)20(3,4)5/h13-16H,10-12H2,1-9H3,(H,22,25)(H,23,27)/t14-,15-,16+/m0/s1. The van der Waals surface area contributed by atoms with Crippen LogP contribution in [0.25, 0.3) is 0 Å². The smallest absolute Gasteiger partial charge is 0.408 e. The molecule has 3 atom stereocenters. The van der Waals surface area contributed by atoms with Gasteiger partial charge in [-0.15, -0.1) is 0 Å². The van der Waals surface area contributed by atoms with Crippen LogP contribution < -0.4 is 10.6 Å². The monoisotopic (exact) mass is 397 g/mol. The molecular formula is C21H39N3O4. The van der Waals surface area contributed by atoms with Crippen molar-refractivity contribution in [2.45, 2.75) is 98.4 Å². The van der Waals surface area contributed by atoms with E-state index in [-0.39, 0.29) is 29.2 Å². The van der Waals surface area contributed by atoms with Gasteiger partial charge in [-0.05, 0) is 51.4 Å². The Kier molecular flexibility index (Phi) is 7.91. The van der Waals surface area contributed by atoms with Gasteiger partial charge in [0.25, 0.3) is 0 Å². The van der Waals surface area contributed by atoms with Crippen LogP contribution in [0.5, 0.6) is 0 Å². The van der Waals surface area contributed by atoms with Gasteiger partial charge in [0.1, 0.15) is 17.7 Å². The number of rotatable bonds is 5. The summed E-state index contributed by atoms with van der Waals surface area (Å²) < 4.78 is 5.35. The Labute approximate surface area is 169 Å². The van der Waals surface area contributed by atoms with E-state index >= 15 is 0 Å². The molecule has 0 aromatic rings. The molecule has 0 aliphatic carbocycles. The molecule has 28 heavy (non-hydrogen) atoms. The number of hydrogen-bond acceptors (Lipinski definition) is 4. The summed E-state index contributed by atoms with van der Waals surface area (Å²) in [7, 11) is 1.58. The lowest BCUT2D eigenvalue weighted by Gasteiger charge is -2.39. The minimum absolute atomic E-state index is 0.0719. The van der Waals surface area contributed by atoms with Crippen LogP contribution in [0, 0.1) is 11.3 Å². The van der Waals surface area contributed by atoms with Crippen LogP contribution in [-0.2, 0) is 14.3 Å². The number of likely N-dealkylation sites (tertiary alicyclic amines) is 1. The topological polar surface area (TPSA) is 87.7 Å². The molecule has 1 heterocycles. The lowest BCUT2D eigenvalue weighted by atomic mass is 9.85. The normalized spacial score (nSPS) is 21.4. The molecule has 0 aromatic carbocycles. The number of carbonyl (C=O) groups is 3. The van der Waals surface area contributed by atoms with Gasteiger partial charge in [0.2, 0.25) is 11.8 Å². The summed E-state index contributed by atoms with van der Waals surface area (Å²) in [5, 5.41) is 5.42. The molecule has 7 nitrogen and oxygen atoms in total. The molecule has 0 saturated carbocycles. The van der Waals surface area contributed by atoms with Crippen molar-refractivity contribution in [1.29, 1.82) is 0 Å². The van der Waals surface area contributed by atoms with Crippen LogP contribution in [0.15, 0.2) is 0 Å². The third-order valence-corrected chi connectivity index (χ3v) is 4.88. The van der Waals surface area contributed by atoms with Gasteiger partial charge in [0.05, 0.1) is 0 Å². The van der Waals surface area contributed by atoms with E-state index in [1.165, 1.54) is 0 Å². The Morgan fingerprint density at radius 3 is 2.07 bits per heavy atom. The third kappa shape index (κ3) is 6.67. The van der Waals surface area contributed by atoms with E-state index in [4.69, 9.17) is 4.74 Å². The second kappa shape index (κ2) is 9.14. The highest BCUT2D eigenvalue weighted by Crippen LogP contribution is 2.37. The van der Waals surface area contributed by atoms with E-state index in [2.05, 4.69) is 31.4 Å². The number of nitrogens with one attached hydrogen (secondary N) is 2. The molecule has 1 aliphatic heterocycles. The average molecular weight is 398 g/mol. The first-order chi connectivity index (χ1) is 12.7. The molecule has 0 spiro atoms. The zero-order valence-electron chi connectivity index (χ0n) is 19.0. The van der Waals surface area contributed by atoms with Gasteiger partial charge in [-0.1, -0.05) is 34.6 Å². The number of amides is 3. The number of carbonyl (C=O) groups excluding carboxylic acids is 3. The summed E-state index contributed by atoms with van der Waals surface area (Å²) >= 11 is 0. The van der Waals surface area contributed by atoms with Crippen molar-refractivity contribution in [3.8, 4) is 0 Å². The molecule has 3 amide bonds. The summed E-state index contributed by atoms with van der Waals surface area (Å²) in [6.07, 6.45) is 1.24. The highest BCUT2D eigenvalue weighted by atomic mass is 16.6. The van der Waals surface area contributed by atoms with Crippen LogP contribution in [0.4, 0.5) is 4.79 Å². The van der Waals surface area contributed by atoms with E-state index in [1.54, 1.807) is 32.7 Å². The maximum atomic E-state index is 13.5. The first-order valence-electron chi connectivity index (χ1n) is 10.2. The van der Waals surface area contributed by atoms with Gasteiger partial charge in [-0.25, -0.2) is 4.79 Å². The number of ether oxygens (including phenoxy) is 1. The number of nitrogens with zero attached hydrogens (tertiary/aromatic N) is 1. The van der Waals surface area contributed by atoms with E-state index < -0.39 is 23.8 Å². The molecule has 162 valence electrons. The van der Waals surface area contributed by atoms with Crippen molar-refractivity contribution in [2.24, 2.45) is 11.3 Å². The van der Waals surface area contributed by atoms with E-state index in [0.717, 1.165) is 6.42 Å². The fourth-order valence-electron chi connectivity index (χ4n) is 3.72. The molecule has 0 unspecified atom stereocenters. The molecule has 7 heteroatoms. The van der Waals surface area contributed by atoms with Gasteiger partial charge in [0.15, 0.2) is 0 Å².